The molecule has 1 N–H and O–H groups in total. The lowest BCUT2D eigenvalue weighted by Crippen LogP contribution is -2.29. The summed E-state index contributed by atoms with van der Waals surface area (Å²) in [6, 6.07) is 16.0. The van der Waals surface area contributed by atoms with Crippen LogP contribution in [-0.4, -0.2) is 11.8 Å². The fourth-order valence-corrected chi connectivity index (χ4v) is 2.55. The van der Waals surface area contributed by atoms with Crippen LogP contribution in [0, 0.1) is 6.92 Å². The maximum absolute atomic E-state index is 12.8. The van der Waals surface area contributed by atoms with E-state index in [4.69, 9.17) is 0 Å². The molecule has 0 aliphatic heterocycles. The van der Waals surface area contributed by atoms with Gasteiger partial charge in [0.1, 0.15) is 0 Å². The molecule has 2 aromatic rings. The first-order valence-corrected chi connectivity index (χ1v) is 8.10. The summed E-state index contributed by atoms with van der Waals surface area (Å²) in [5.41, 5.74) is 4.23. The standard InChI is InChI=1S/C20H25NO/c1-4-7-19(21-18-12-10-15(3)11-13-18)20(22)17-9-6-8-16(5-2)14-17/h6,8-14,19,21H,4-5,7H2,1-3H3. The number of ketones is 1. The van der Waals surface area contributed by atoms with E-state index in [0.29, 0.717) is 0 Å². The topological polar surface area (TPSA) is 29.1 Å². The second-order valence-electron chi connectivity index (χ2n) is 5.77. The van der Waals surface area contributed by atoms with Crippen LogP contribution < -0.4 is 5.32 Å². The summed E-state index contributed by atoms with van der Waals surface area (Å²) in [6.07, 6.45) is 2.76. The largest absolute Gasteiger partial charge is 0.375 e. The van der Waals surface area contributed by atoms with Gasteiger partial charge in [0.15, 0.2) is 5.78 Å². The third-order valence-electron chi connectivity index (χ3n) is 3.91. The Hall–Kier alpha value is -2.09. The molecule has 0 aromatic heterocycles. The van der Waals surface area contributed by atoms with Gasteiger partial charge in [0.2, 0.25) is 0 Å². The number of hydrogen-bond acceptors (Lipinski definition) is 2. The van der Waals surface area contributed by atoms with Crippen LogP contribution in [0.1, 0.15) is 48.2 Å². The van der Waals surface area contributed by atoms with E-state index in [-0.39, 0.29) is 11.8 Å². The third kappa shape index (κ3) is 4.20. The molecular weight excluding hydrogens is 270 g/mol. The molecular formula is C20H25NO. The van der Waals surface area contributed by atoms with Crippen molar-refractivity contribution in [1.82, 2.24) is 0 Å². The monoisotopic (exact) mass is 295 g/mol. The second kappa shape index (κ2) is 7.79. The predicted molar refractivity (Wildman–Crippen MR) is 93.6 cm³/mol. The molecule has 0 aliphatic rings. The molecule has 0 fully saturated rings. The molecule has 22 heavy (non-hydrogen) atoms. The minimum atomic E-state index is -0.167. The van der Waals surface area contributed by atoms with Crippen molar-refractivity contribution in [3.8, 4) is 0 Å². The number of benzene rings is 2. The zero-order valence-electron chi connectivity index (χ0n) is 13.7. The maximum Gasteiger partial charge on any atom is 0.184 e. The van der Waals surface area contributed by atoms with Gasteiger partial charge in [-0.15, -0.1) is 0 Å². The van der Waals surface area contributed by atoms with Crippen LogP contribution in [0.5, 0.6) is 0 Å². The number of nitrogens with one attached hydrogen (secondary N) is 1. The van der Waals surface area contributed by atoms with Gasteiger partial charge in [0.05, 0.1) is 6.04 Å². The average molecular weight is 295 g/mol. The normalized spacial score (nSPS) is 12.0. The van der Waals surface area contributed by atoms with Crippen molar-refractivity contribution in [2.45, 2.75) is 46.1 Å². The molecule has 0 amide bonds. The Kier molecular flexibility index (Phi) is 5.76. The van der Waals surface area contributed by atoms with E-state index in [1.807, 2.05) is 30.3 Å². The fourth-order valence-electron chi connectivity index (χ4n) is 2.55. The molecule has 0 radical (unpaired) electrons. The van der Waals surface area contributed by atoms with Gasteiger partial charge in [0.25, 0.3) is 0 Å². The minimum Gasteiger partial charge on any atom is -0.375 e. The lowest BCUT2D eigenvalue weighted by Gasteiger charge is -2.19. The molecule has 0 bridgehead atoms. The molecule has 116 valence electrons. The summed E-state index contributed by atoms with van der Waals surface area (Å²) in [5, 5.41) is 3.39. The van der Waals surface area contributed by atoms with Crippen LogP contribution in [0.15, 0.2) is 48.5 Å². The quantitative estimate of drug-likeness (QED) is 0.727. The summed E-state index contributed by atoms with van der Waals surface area (Å²) in [6.45, 7) is 6.28. The maximum atomic E-state index is 12.8. The Labute approximate surface area is 133 Å². The summed E-state index contributed by atoms with van der Waals surface area (Å²) >= 11 is 0. The molecule has 1 unspecified atom stereocenters. The van der Waals surface area contributed by atoms with E-state index < -0.39 is 0 Å². The Morgan fingerprint density at radius 1 is 1.09 bits per heavy atom. The van der Waals surface area contributed by atoms with E-state index in [1.165, 1.54) is 11.1 Å². The predicted octanol–water partition coefficient (Wildman–Crippen LogP) is 5.02. The smallest absolute Gasteiger partial charge is 0.184 e. The van der Waals surface area contributed by atoms with Crippen LogP contribution in [0.3, 0.4) is 0 Å². The van der Waals surface area contributed by atoms with Crippen molar-refractivity contribution < 1.29 is 4.79 Å². The van der Waals surface area contributed by atoms with Crippen LogP contribution in [-0.2, 0) is 6.42 Å². The first-order valence-electron chi connectivity index (χ1n) is 8.10. The van der Waals surface area contributed by atoms with Crippen molar-refractivity contribution in [2.75, 3.05) is 5.32 Å². The van der Waals surface area contributed by atoms with Gasteiger partial charge < -0.3 is 5.32 Å². The summed E-state index contributed by atoms with van der Waals surface area (Å²) < 4.78 is 0. The van der Waals surface area contributed by atoms with Gasteiger partial charge in [-0.3, -0.25) is 4.79 Å². The second-order valence-corrected chi connectivity index (χ2v) is 5.77. The first-order chi connectivity index (χ1) is 10.6. The molecule has 2 aromatic carbocycles. The zero-order chi connectivity index (χ0) is 15.9. The number of rotatable bonds is 7. The summed E-state index contributed by atoms with van der Waals surface area (Å²) in [7, 11) is 0. The SMILES string of the molecule is CCCC(Nc1ccc(C)cc1)C(=O)c1cccc(CC)c1. The zero-order valence-corrected chi connectivity index (χ0v) is 13.7. The Morgan fingerprint density at radius 2 is 1.82 bits per heavy atom. The molecule has 1 atom stereocenters. The highest BCUT2D eigenvalue weighted by Gasteiger charge is 2.19. The van der Waals surface area contributed by atoms with Crippen molar-refractivity contribution in [3.63, 3.8) is 0 Å². The van der Waals surface area contributed by atoms with Crippen LogP contribution in [0.25, 0.3) is 0 Å². The molecule has 2 rings (SSSR count). The van der Waals surface area contributed by atoms with E-state index >= 15 is 0 Å². The fraction of sp³-hybridized carbons (Fsp3) is 0.350. The van der Waals surface area contributed by atoms with Gasteiger partial charge in [-0.05, 0) is 43.5 Å². The molecule has 0 saturated carbocycles. The van der Waals surface area contributed by atoms with Crippen molar-refractivity contribution >= 4 is 11.5 Å². The molecule has 2 heteroatoms. The van der Waals surface area contributed by atoms with Gasteiger partial charge in [-0.25, -0.2) is 0 Å². The molecule has 0 saturated heterocycles. The van der Waals surface area contributed by atoms with E-state index in [0.717, 1.165) is 30.5 Å². The molecule has 0 spiro atoms. The number of carbonyl (C=O) groups is 1. The highest BCUT2D eigenvalue weighted by atomic mass is 16.1. The van der Waals surface area contributed by atoms with Crippen LogP contribution >= 0.6 is 0 Å². The van der Waals surface area contributed by atoms with E-state index in [9.17, 15) is 4.79 Å². The van der Waals surface area contributed by atoms with Gasteiger partial charge >= 0.3 is 0 Å². The van der Waals surface area contributed by atoms with Gasteiger partial charge in [-0.1, -0.05) is 56.2 Å². The lowest BCUT2D eigenvalue weighted by molar-refractivity contribution is 0.0965. The summed E-state index contributed by atoms with van der Waals surface area (Å²) in [4.78, 5) is 12.8. The number of anilines is 1. The number of carbonyl (C=O) groups excluding carboxylic acids is 1. The Balaban J connectivity index is 2.18. The number of aryl methyl sites for hydroxylation is 2. The van der Waals surface area contributed by atoms with Gasteiger partial charge in [0, 0.05) is 11.3 Å². The third-order valence-corrected chi connectivity index (χ3v) is 3.91. The van der Waals surface area contributed by atoms with Crippen molar-refractivity contribution in [1.29, 1.82) is 0 Å². The van der Waals surface area contributed by atoms with E-state index in [2.05, 4.69) is 44.3 Å². The number of hydrogen-bond donors (Lipinski definition) is 1. The number of Topliss-reactive ketones (excluding diaryl/α,β-unsaturated/α-hetero) is 1. The van der Waals surface area contributed by atoms with E-state index in [1.54, 1.807) is 0 Å². The minimum absolute atomic E-state index is 0.167. The first kappa shape index (κ1) is 16.3. The van der Waals surface area contributed by atoms with Gasteiger partial charge in [-0.2, -0.15) is 0 Å². The van der Waals surface area contributed by atoms with Crippen LogP contribution in [0.2, 0.25) is 0 Å². The van der Waals surface area contributed by atoms with Crippen molar-refractivity contribution in [3.05, 3.63) is 65.2 Å². The van der Waals surface area contributed by atoms with Crippen molar-refractivity contribution in [2.24, 2.45) is 0 Å². The summed E-state index contributed by atoms with van der Waals surface area (Å²) in [5.74, 6) is 0.178. The lowest BCUT2D eigenvalue weighted by atomic mass is 9.98. The Bertz CT molecular complexity index is 616. The molecule has 2 nitrogen and oxygen atoms in total. The Morgan fingerprint density at radius 3 is 2.45 bits per heavy atom. The molecule has 0 aliphatic carbocycles. The highest BCUT2D eigenvalue weighted by Crippen LogP contribution is 2.17. The average Bonchev–Trinajstić information content (AvgIpc) is 2.56. The van der Waals surface area contributed by atoms with Crippen LogP contribution in [0.4, 0.5) is 5.69 Å². The highest BCUT2D eigenvalue weighted by molar-refractivity contribution is 6.01. The molecule has 0 heterocycles.